The highest BCUT2D eigenvalue weighted by Gasteiger charge is 2.20. The smallest absolute Gasteiger partial charge is 0.413 e. The van der Waals surface area contributed by atoms with E-state index in [1.54, 1.807) is 6.20 Å². The molecule has 6 heteroatoms. The molecule has 1 aromatic rings. The second-order valence-corrected chi connectivity index (χ2v) is 7.08. The number of carboxylic acid groups (broad SMARTS) is 1. The van der Waals surface area contributed by atoms with Crippen molar-refractivity contribution in [1.29, 1.82) is 0 Å². The average molecular weight is 307 g/mol. The molecular weight excluding hydrogens is 292 g/mol. The van der Waals surface area contributed by atoms with E-state index in [2.05, 4.69) is 41.7 Å². The van der Waals surface area contributed by atoms with Crippen LogP contribution in [0.15, 0.2) is 9.98 Å². The highest BCUT2D eigenvalue weighted by molar-refractivity contribution is 9.11. The zero-order valence-electron chi connectivity index (χ0n) is 9.53. The SMILES string of the molecule is CC(C)(C)CCN(C(=O)O)c1ncc(Br)s1. The summed E-state index contributed by atoms with van der Waals surface area (Å²) >= 11 is 4.60. The molecule has 0 aromatic carbocycles. The van der Waals surface area contributed by atoms with Crippen molar-refractivity contribution >= 4 is 38.5 Å². The third-order valence-corrected chi connectivity index (χ3v) is 3.51. The molecule has 0 fully saturated rings. The third-order valence-electron chi connectivity index (χ3n) is 2.01. The summed E-state index contributed by atoms with van der Waals surface area (Å²) in [5.74, 6) is 0. The Balaban J connectivity index is 2.73. The number of hydrogen-bond acceptors (Lipinski definition) is 3. The van der Waals surface area contributed by atoms with Crippen molar-refractivity contribution in [1.82, 2.24) is 4.98 Å². The minimum absolute atomic E-state index is 0.113. The van der Waals surface area contributed by atoms with Gasteiger partial charge in [-0.05, 0) is 27.8 Å². The van der Waals surface area contributed by atoms with Crippen molar-refractivity contribution < 1.29 is 9.90 Å². The lowest BCUT2D eigenvalue weighted by Crippen LogP contribution is -2.32. The molecule has 0 atom stereocenters. The van der Waals surface area contributed by atoms with Crippen LogP contribution in [-0.4, -0.2) is 22.7 Å². The number of carbonyl (C=O) groups is 1. The van der Waals surface area contributed by atoms with Gasteiger partial charge in [0, 0.05) is 6.54 Å². The highest BCUT2D eigenvalue weighted by atomic mass is 79.9. The summed E-state index contributed by atoms with van der Waals surface area (Å²) in [5.41, 5.74) is 0.113. The van der Waals surface area contributed by atoms with Gasteiger partial charge >= 0.3 is 6.09 Å². The lowest BCUT2D eigenvalue weighted by molar-refractivity contribution is 0.200. The summed E-state index contributed by atoms with van der Waals surface area (Å²) in [6.07, 6.45) is 1.47. The Morgan fingerprint density at radius 1 is 1.62 bits per heavy atom. The van der Waals surface area contributed by atoms with Gasteiger partial charge < -0.3 is 5.11 Å². The molecule has 0 saturated carbocycles. The van der Waals surface area contributed by atoms with Gasteiger partial charge in [0.2, 0.25) is 0 Å². The maximum absolute atomic E-state index is 11.1. The monoisotopic (exact) mass is 306 g/mol. The van der Waals surface area contributed by atoms with Crippen LogP contribution in [0.3, 0.4) is 0 Å². The Kier molecular flexibility index (Phi) is 4.32. The van der Waals surface area contributed by atoms with Gasteiger partial charge in [0.15, 0.2) is 5.13 Å². The third kappa shape index (κ3) is 4.09. The fourth-order valence-corrected chi connectivity index (χ4v) is 2.29. The summed E-state index contributed by atoms with van der Waals surface area (Å²) in [4.78, 5) is 16.5. The first-order valence-electron chi connectivity index (χ1n) is 4.91. The van der Waals surface area contributed by atoms with E-state index < -0.39 is 6.09 Å². The summed E-state index contributed by atoms with van der Waals surface area (Å²) in [6.45, 7) is 6.74. The summed E-state index contributed by atoms with van der Waals surface area (Å²) in [6, 6.07) is 0. The molecule has 1 amide bonds. The molecular formula is C10H15BrN2O2S. The first-order valence-corrected chi connectivity index (χ1v) is 6.52. The van der Waals surface area contributed by atoms with Gasteiger partial charge in [0.1, 0.15) is 0 Å². The standard InChI is InChI=1S/C10H15BrN2O2S/c1-10(2,3)4-5-13(9(14)15)8-12-6-7(11)16-8/h6H,4-5H2,1-3H3,(H,14,15). The fraction of sp³-hybridized carbons (Fsp3) is 0.600. The van der Waals surface area contributed by atoms with E-state index in [4.69, 9.17) is 5.11 Å². The van der Waals surface area contributed by atoms with Gasteiger partial charge in [0.25, 0.3) is 0 Å². The number of nitrogens with zero attached hydrogens (tertiary/aromatic N) is 2. The molecule has 4 nitrogen and oxygen atoms in total. The van der Waals surface area contributed by atoms with Crippen LogP contribution in [0.4, 0.5) is 9.93 Å². The normalized spacial score (nSPS) is 11.5. The molecule has 0 spiro atoms. The van der Waals surface area contributed by atoms with Gasteiger partial charge in [-0.15, -0.1) is 0 Å². The molecule has 90 valence electrons. The van der Waals surface area contributed by atoms with Crippen LogP contribution in [0.5, 0.6) is 0 Å². The molecule has 0 radical (unpaired) electrons. The van der Waals surface area contributed by atoms with Crippen LogP contribution in [0, 0.1) is 5.41 Å². The number of rotatable bonds is 3. The Bertz CT molecular complexity index is 373. The summed E-state index contributed by atoms with van der Waals surface area (Å²) in [5, 5.41) is 9.63. The minimum atomic E-state index is -0.953. The molecule has 1 aromatic heterocycles. The molecule has 0 unspecified atom stereocenters. The quantitative estimate of drug-likeness (QED) is 0.923. The van der Waals surface area contributed by atoms with Gasteiger partial charge in [0.05, 0.1) is 9.98 Å². The van der Waals surface area contributed by atoms with Crippen LogP contribution >= 0.6 is 27.3 Å². The molecule has 0 bridgehead atoms. The molecule has 1 rings (SSSR count). The van der Waals surface area contributed by atoms with Crippen molar-refractivity contribution in [3.63, 3.8) is 0 Å². The van der Waals surface area contributed by atoms with E-state index in [1.807, 2.05) is 0 Å². The van der Waals surface area contributed by atoms with Crippen LogP contribution < -0.4 is 4.90 Å². The van der Waals surface area contributed by atoms with Crippen molar-refractivity contribution in [2.24, 2.45) is 5.41 Å². The molecule has 16 heavy (non-hydrogen) atoms. The second-order valence-electron chi connectivity index (χ2n) is 4.69. The lowest BCUT2D eigenvalue weighted by Gasteiger charge is -2.22. The van der Waals surface area contributed by atoms with Crippen molar-refractivity contribution in [3.05, 3.63) is 9.98 Å². The predicted molar refractivity (Wildman–Crippen MR) is 69.3 cm³/mol. The zero-order valence-corrected chi connectivity index (χ0v) is 11.9. The van der Waals surface area contributed by atoms with Crippen molar-refractivity contribution in [3.8, 4) is 0 Å². The molecule has 0 aliphatic carbocycles. The van der Waals surface area contributed by atoms with E-state index in [1.165, 1.54) is 16.2 Å². The lowest BCUT2D eigenvalue weighted by atomic mass is 9.92. The average Bonchev–Trinajstić information content (AvgIpc) is 2.49. The minimum Gasteiger partial charge on any atom is -0.465 e. The number of thiazole rings is 1. The van der Waals surface area contributed by atoms with Gasteiger partial charge in [-0.25, -0.2) is 9.78 Å². The number of aromatic nitrogens is 1. The zero-order chi connectivity index (χ0) is 12.3. The van der Waals surface area contributed by atoms with Crippen LogP contribution in [-0.2, 0) is 0 Å². The Morgan fingerprint density at radius 2 is 2.25 bits per heavy atom. The Morgan fingerprint density at radius 3 is 2.62 bits per heavy atom. The second kappa shape index (κ2) is 5.14. The Hall–Kier alpha value is -0.620. The summed E-state index contributed by atoms with van der Waals surface area (Å²) in [7, 11) is 0. The molecule has 1 N–H and O–H groups in total. The van der Waals surface area contributed by atoms with Crippen molar-refractivity contribution in [2.45, 2.75) is 27.2 Å². The molecule has 0 saturated heterocycles. The fourth-order valence-electron chi connectivity index (χ4n) is 1.09. The Labute approximate surface area is 107 Å². The maximum Gasteiger partial charge on any atom is 0.413 e. The number of anilines is 1. The number of amides is 1. The number of halogens is 1. The van der Waals surface area contributed by atoms with Crippen LogP contribution in [0.25, 0.3) is 0 Å². The first-order chi connectivity index (χ1) is 7.29. The predicted octanol–water partition coefficient (Wildman–Crippen LogP) is 3.83. The van der Waals surface area contributed by atoms with E-state index in [0.29, 0.717) is 11.7 Å². The largest absolute Gasteiger partial charge is 0.465 e. The topological polar surface area (TPSA) is 53.4 Å². The van der Waals surface area contributed by atoms with E-state index in [9.17, 15) is 4.79 Å². The van der Waals surface area contributed by atoms with Crippen LogP contribution in [0.2, 0.25) is 0 Å². The highest BCUT2D eigenvalue weighted by Crippen LogP contribution is 2.28. The molecule has 0 aliphatic rings. The van der Waals surface area contributed by atoms with E-state index >= 15 is 0 Å². The van der Waals surface area contributed by atoms with Crippen molar-refractivity contribution in [2.75, 3.05) is 11.4 Å². The summed E-state index contributed by atoms with van der Waals surface area (Å²) < 4.78 is 0.838. The van der Waals surface area contributed by atoms with E-state index in [-0.39, 0.29) is 5.41 Å². The van der Waals surface area contributed by atoms with Gasteiger partial charge in [-0.2, -0.15) is 0 Å². The van der Waals surface area contributed by atoms with Gasteiger partial charge in [-0.1, -0.05) is 32.1 Å². The molecule has 0 aliphatic heterocycles. The first kappa shape index (κ1) is 13.4. The number of hydrogen-bond donors (Lipinski definition) is 1. The van der Waals surface area contributed by atoms with Crippen LogP contribution in [0.1, 0.15) is 27.2 Å². The van der Waals surface area contributed by atoms with Gasteiger partial charge in [-0.3, -0.25) is 4.90 Å². The van der Waals surface area contributed by atoms with E-state index in [0.717, 1.165) is 10.2 Å². The molecule has 1 heterocycles. The maximum atomic E-state index is 11.1.